The van der Waals surface area contributed by atoms with Crippen molar-refractivity contribution in [2.75, 3.05) is 13.7 Å². The van der Waals surface area contributed by atoms with Gasteiger partial charge in [0.1, 0.15) is 12.2 Å². The van der Waals surface area contributed by atoms with E-state index in [0.717, 1.165) is 7.11 Å². The zero-order valence-corrected chi connectivity index (χ0v) is 7.98. The molecule has 0 unspecified atom stereocenters. The third-order valence-electron chi connectivity index (χ3n) is 2.12. The highest BCUT2D eigenvalue weighted by molar-refractivity contribution is 5.75. The molecular weight excluding hydrogens is 206 g/mol. The number of aliphatic hydroxyl groups is 2. The van der Waals surface area contributed by atoms with Crippen LogP contribution in [-0.4, -0.2) is 54.3 Å². The molecule has 1 fully saturated rings. The Labute approximate surface area is 85.0 Å². The van der Waals surface area contributed by atoms with E-state index in [1.54, 1.807) is 0 Å². The third-order valence-corrected chi connectivity index (χ3v) is 2.12. The summed E-state index contributed by atoms with van der Waals surface area (Å²) in [7, 11) is 1.14. The molecule has 4 atom stereocenters. The smallest absolute Gasteiger partial charge is 0.337 e. The molecule has 0 spiro atoms. The van der Waals surface area contributed by atoms with Gasteiger partial charge in [-0.1, -0.05) is 5.11 Å². The molecule has 0 aromatic carbocycles. The maximum absolute atomic E-state index is 11.1. The van der Waals surface area contributed by atoms with Crippen molar-refractivity contribution < 1.29 is 24.5 Å². The lowest BCUT2D eigenvalue weighted by Crippen LogP contribution is -2.37. The predicted molar refractivity (Wildman–Crippen MR) is 46.7 cm³/mol. The highest BCUT2D eigenvalue weighted by Crippen LogP contribution is 2.22. The second-order valence-electron chi connectivity index (χ2n) is 3.01. The van der Waals surface area contributed by atoms with Crippen molar-refractivity contribution in [1.29, 1.82) is 0 Å². The lowest BCUT2D eigenvalue weighted by atomic mass is 10.1. The highest BCUT2D eigenvalue weighted by atomic mass is 16.6. The van der Waals surface area contributed by atoms with Crippen molar-refractivity contribution in [1.82, 2.24) is 0 Å². The van der Waals surface area contributed by atoms with Crippen LogP contribution in [-0.2, 0) is 14.3 Å². The Bertz CT molecular complexity index is 290. The molecule has 8 nitrogen and oxygen atoms in total. The Balaban J connectivity index is 2.66. The van der Waals surface area contributed by atoms with Crippen LogP contribution >= 0.6 is 0 Å². The number of azide groups is 1. The molecule has 0 amide bonds. The van der Waals surface area contributed by atoms with E-state index in [0.29, 0.717) is 0 Å². The van der Waals surface area contributed by atoms with Crippen molar-refractivity contribution in [3.8, 4) is 0 Å². The molecule has 8 heteroatoms. The van der Waals surface area contributed by atoms with E-state index in [9.17, 15) is 15.0 Å². The van der Waals surface area contributed by atoms with Crippen LogP contribution in [0.15, 0.2) is 5.11 Å². The Kier molecular flexibility index (Phi) is 3.87. The van der Waals surface area contributed by atoms with Crippen LogP contribution in [0.5, 0.6) is 0 Å². The van der Waals surface area contributed by atoms with E-state index in [1.807, 2.05) is 0 Å². The van der Waals surface area contributed by atoms with Gasteiger partial charge in [-0.2, -0.15) is 0 Å². The predicted octanol–water partition coefficient (Wildman–Crippen LogP) is -1.04. The lowest BCUT2D eigenvalue weighted by Gasteiger charge is -2.11. The molecule has 1 aliphatic rings. The zero-order valence-electron chi connectivity index (χ0n) is 7.98. The summed E-state index contributed by atoms with van der Waals surface area (Å²) in [5.74, 6) is -0.773. The normalized spacial score (nSPS) is 34.6. The van der Waals surface area contributed by atoms with Gasteiger partial charge >= 0.3 is 5.97 Å². The van der Waals surface area contributed by atoms with Crippen LogP contribution < -0.4 is 0 Å². The van der Waals surface area contributed by atoms with E-state index in [-0.39, 0.29) is 6.54 Å². The molecule has 84 valence electrons. The van der Waals surface area contributed by atoms with Crippen LogP contribution in [0.1, 0.15) is 0 Å². The van der Waals surface area contributed by atoms with Crippen LogP contribution in [0.25, 0.3) is 10.4 Å². The summed E-state index contributed by atoms with van der Waals surface area (Å²) in [6.45, 7) is -0.151. The minimum Gasteiger partial charge on any atom is -0.467 e. The Morgan fingerprint density at radius 3 is 2.80 bits per heavy atom. The summed E-state index contributed by atoms with van der Waals surface area (Å²) >= 11 is 0. The molecule has 0 saturated carbocycles. The second-order valence-corrected chi connectivity index (χ2v) is 3.01. The van der Waals surface area contributed by atoms with Gasteiger partial charge in [-0.3, -0.25) is 0 Å². The van der Waals surface area contributed by atoms with Crippen molar-refractivity contribution in [3.05, 3.63) is 10.4 Å². The van der Waals surface area contributed by atoms with Crippen LogP contribution in [0.3, 0.4) is 0 Å². The molecule has 15 heavy (non-hydrogen) atoms. The van der Waals surface area contributed by atoms with Crippen molar-refractivity contribution in [2.24, 2.45) is 5.11 Å². The molecule has 1 saturated heterocycles. The number of nitrogens with zero attached hydrogens (tertiary/aromatic N) is 3. The van der Waals surface area contributed by atoms with E-state index in [1.165, 1.54) is 0 Å². The first-order valence-electron chi connectivity index (χ1n) is 4.22. The first-order chi connectivity index (χ1) is 7.11. The van der Waals surface area contributed by atoms with Gasteiger partial charge in [-0.25, -0.2) is 4.79 Å². The number of esters is 1. The van der Waals surface area contributed by atoms with Gasteiger partial charge in [-0.15, -0.1) is 0 Å². The molecule has 0 radical (unpaired) electrons. The maximum atomic E-state index is 11.1. The fraction of sp³-hybridized carbons (Fsp3) is 0.857. The zero-order chi connectivity index (χ0) is 11.4. The summed E-state index contributed by atoms with van der Waals surface area (Å²) in [6, 6.07) is 0. The topological polar surface area (TPSA) is 125 Å². The quantitative estimate of drug-likeness (QED) is 0.270. The van der Waals surface area contributed by atoms with Gasteiger partial charge in [-0.05, 0) is 5.53 Å². The maximum Gasteiger partial charge on any atom is 0.337 e. The van der Waals surface area contributed by atoms with E-state index in [4.69, 9.17) is 10.3 Å². The van der Waals surface area contributed by atoms with Crippen LogP contribution in [0.4, 0.5) is 0 Å². The van der Waals surface area contributed by atoms with E-state index < -0.39 is 30.4 Å². The molecule has 0 aliphatic carbocycles. The van der Waals surface area contributed by atoms with Crippen molar-refractivity contribution in [3.63, 3.8) is 0 Å². The highest BCUT2D eigenvalue weighted by Gasteiger charge is 2.46. The summed E-state index contributed by atoms with van der Waals surface area (Å²) in [5, 5.41) is 22.0. The van der Waals surface area contributed by atoms with Gasteiger partial charge in [0.05, 0.1) is 19.8 Å². The fourth-order valence-electron chi connectivity index (χ4n) is 1.33. The van der Waals surface area contributed by atoms with Gasteiger partial charge in [0.15, 0.2) is 6.10 Å². The number of methoxy groups -OCH3 is 1. The van der Waals surface area contributed by atoms with Gasteiger partial charge in [0.2, 0.25) is 0 Å². The fourth-order valence-corrected chi connectivity index (χ4v) is 1.33. The van der Waals surface area contributed by atoms with Crippen LogP contribution in [0, 0.1) is 0 Å². The number of carbonyl (C=O) groups excluding carboxylic acids is 1. The number of rotatable bonds is 3. The average molecular weight is 217 g/mol. The first-order valence-corrected chi connectivity index (χ1v) is 4.22. The summed E-state index contributed by atoms with van der Waals surface area (Å²) in [4.78, 5) is 13.6. The standard InChI is InChI=1S/C7H11N3O5/c1-14-7(13)6-5(12)4(11)3(15-6)2-9-10-8/h3-6,11-12H,2H2,1H3/t3-,4-,5+,6-/m1/s1. The molecule has 0 aromatic rings. The number of ether oxygens (including phenoxy) is 2. The van der Waals surface area contributed by atoms with Gasteiger partial charge < -0.3 is 19.7 Å². The molecule has 0 aromatic heterocycles. The largest absolute Gasteiger partial charge is 0.467 e. The molecule has 1 rings (SSSR count). The number of aliphatic hydroxyl groups excluding tert-OH is 2. The van der Waals surface area contributed by atoms with Gasteiger partial charge in [0.25, 0.3) is 0 Å². The third kappa shape index (κ3) is 2.37. The summed E-state index contributed by atoms with van der Waals surface area (Å²) in [5.41, 5.74) is 8.07. The van der Waals surface area contributed by atoms with Crippen molar-refractivity contribution in [2.45, 2.75) is 24.4 Å². The number of hydrogen-bond acceptors (Lipinski definition) is 6. The minimum atomic E-state index is -1.36. The molecule has 1 heterocycles. The average Bonchev–Trinajstić information content (AvgIpc) is 2.53. The first kappa shape index (κ1) is 11.7. The number of hydrogen-bond donors (Lipinski definition) is 2. The summed E-state index contributed by atoms with van der Waals surface area (Å²) < 4.78 is 9.37. The molecule has 0 bridgehead atoms. The van der Waals surface area contributed by atoms with Crippen molar-refractivity contribution >= 4 is 5.97 Å². The monoisotopic (exact) mass is 217 g/mol. The Morgan fingerprint density at radius 1 is 1.60 bits per heavy atom. The number of carbonyl (C=O) groups is 1. The van der Waals surface area contributed by atoms with E-state index >= 15 is 0 Å². The Morgan fingerprint density at radius 2 is 2.27 bits per heavy atom. The van der Waals surface area contributed by atoms with Crippen LogP contribution in [0.2, 0.25) is 0 Å². The molecular formula is C7H11N3O5. The minimum absolute atomic E-state index is 0.151. The molecule has 2 N–H and O–H groups in total. The van der Waals surface area contributed by atoms with E-state index in [2.05, 4.69) is 14.8 Å². The second kappa shape index (κ2) is 4.94. The summed E-state index contributed by atoms with van der Waals surface area (Å²) in [6.07, 6.45) is -4.75. The SMILES string of the molecule is COC(=O)[C@@H]1O[C@H](CN=[N+]=[N-])[C@@H](O)[C@@H]1O. The van der Waals surface area contributed by atoms with Gasteiger partial charge in [0, 0.05) is 4.91 Å². The molecule has 1 aliphatic heterocycles. The lowest BCUT2D eigenvalue weighted by molar-refractivity contribution is -0.156. The Hall–Kier alpha value is -1.34.